The van der Waals surface area contributed by atoms with Crippen LogP contribution < -0.4 is 21.1 Å². The van der Waals surface area contributed by atoms with Gasteiger partial charge in [-0.25, -0.2) is 0 Å². The summed E-state index contributed by atoms with van der Waals surface area (Å²) in [6, 6.07) is 5.09. The number of nitrogens with two attached hydrogens (primary N) is 1. The fraction of sp³-hybridized carbons (Fsp3) is 0.467. The third kappa shape index (κ3) is 5.83. The summed E-state index contributed by atoms with van der Waals surface area (Å²) in [5, 5.41) is 5.53. The van der Waals surface area contributed by atoms with Crippen molar-refractivity contribution in [2.75, 3.05) is 24.3 Å². The summed E-state index contributed by atoms with van der Waals surface area (Å²) in [5.41, 5.74) is 6.53. The van der Waals surface area contributed by atoms with Crippen molar-refractivity contribution in [2.24, 2.45) is 5.73 Å². The molecule has 0 heterocycles. The Kier molecular flexibility index (Phi) is 7.25. The number of benzene rings is 1. The number of hydrogen-bond donors (Lipinski definition) is 3. The molecule has 0 bridgehead atoms. The molecule has 0 aromatic heterocycles. The maximum atomic E-state index is 11.7. The molecule has 0 saturated carbocycles. The second-order valence-electron chi connectivity index (χ2n) is 4.65. The Hall–Kier alpha value is -2.08. The number of nitrogens with one attached hydrogen (secondary N) is 2. The first-order valence-electron chi connectivity index (χ1n) is 7.08. The number of methoxy groups -OCH3 is 1. The van der Waals surface area contributed by atoms with E-state index in [1.165, 1.54) is 7.11 Å². The van der Waals surface area contributed by atoms with Gasteiger partial charge >= 0.3 is 0 Å². The van der Waals surface area contributed by atoms with Gasteiger partial charge in [0.05, 0.1) is 12.8 Å². The first kappa shape index (κ1) is 17.0. The minimum atomic E-state index is -0.153. The molecular weight excluding hydrogens is 270 g/mol. The lowest BCUT2D eigenvalue weighted by atomic mass is 10.2. The van der Waals surface area contributed by atoms with Crippen molar-refractivity contribution in [3.63, 3.8) is 0 Å². The van der Waals surface area contributed by atoms with Gasteiger partial charge in [0.25, 0.3) is 0 Å². The van der Waals surface area contributed by atoms with Crippen molar-refractivity contribution < 1.29 is 14.3 Å². The molecule has 1 aromatic carbocycles. The Morgan fingerprint density at radius 2 is 1.90 bits per heavy atom. The Bertz CT molecular complexity index is 489. The van der Waals surface area contributed by atoms with Crippen molar-refractivity contribution in [3.05, 3.63) is 18.2 Å². The Morgan fingerprint density at radius 1 is 1.19 bits per heavy atom. The van der Waals surface area contributed by atoms with Gasteiger partial charge in [-0.2, -0.15) is 0 Å². The normalized spacial score (nSPS) is 10.0. The van der Waals surface area contributed by atoms with Crippen LogP contribution in [-0.4, -0.2) is 25.5 Å². The minimum absolute atomic E-state index is 0.0462. The van der Waals surface area contributed by atoms with E-state index in [1.807, 2.05) is 6.92 Å². The molecule has 116 valence electrons. The van der Waals surface area contributed by atoms with E-state index in [1.54, 1.807) is 18.2 Å². The quantitative estimate of drug-likeness (QED) is 0.684. The molecule has 6 heteroatoms. The second-order valence-corrected chi connectivity index (χ2v) is 4.65. The molecule has 0 unspecified atom stereocenters. The fourth-order valence-corrected chi connectivity index (χ4v) is 1.78. The standard InChI is InChI=1S/C15H23N3O3/c1-3-4-5-14(19)18-12-7-6-11(10-13(12)21-2)17-15(20)8-9-16/h6-7,10H,3-5,8-9,16H2,1-2H3,(H,17,20)(H,18,19). The molecule has 4 N–H and O–H groups in total. The SMILES string of the molecule is CCCCC(=O)Nc1ccc(NC(=O)CCN)cc1OC. The van der Waals surface area contributed by atoms with Gasteiger partial charge in [-0.05, 0) is 18.6 Å². The van der Waals surface area contributed by atoms with Gasteiger partial charge in [-0.3, -0.25) is 9.59 Å². The zero-order valence-corrected chi connectivity index (χ0v) is 12.6. The summed E-state index contributed by atoms with van der Waals surface area (Å²) in [7, 11) is 1.52. The number of carbonyl (C=O) groups excluding carboxylic acids is 2. The molecule has 0 atom stereocenters. The molecule has 0 fully saturated rings. The Labute approximate surface area is 125 Å². The number of amides is 2. The van der Waals surface area contributed by atoms with Crippen molar-refractivity contribution in [2.45, 2.75) is 32.6 Å². The highest BCUT2D eigenvalue weighted by Crippen LogP contribution is 2.28. The summed E-state index contributed by atoms with van der Waals surface area (Å²) in [5.74, 6) is 0.305. The predicted octanol–water partition coefficient (Wildman–Crippen LogP) is 2.11. The summed E-state index contributed by atoms with van der Waals surface area (Å²) in [6.07, 6.45) is 2.56. The van der Waals surface area contributed by atoms with E-state index in [9.17, 15) is 9.59 Å². The van der Waals surface area contributed by atoms with Crippen LogP contribution in [-0.2, 0) is 9.59 Å². The first-order valence-corrected chi connectivity index (χ1v) is 7.08. The Morgan fingerprint density at radius 3 is 2.52 bits per heavy atom. The molecule has 6 nitrogen and oxygen atoms in total. The largest absolute Gasteiger partial charge is 0.494 e. The number of anilines is 2. The molecule has 0 aliphatic heterocycles. The van der Waals surface area contributed by atoms with Crippen LogP contribution in [0.5, 0.6) is 5.75 Å². The molecule has 1 aromatic rings. The lowest BCUT2D eigenvalue weighted by Gasteiger charge is -2.12. The van der Waals surface area contributed by atoms with Crippen LogP contribution in [0.1, 0.15) is 32.6 Å². The van der Waals surface area contributed by atoms with Gasteiger partial charge in [0.1, 0.15) is 5.75 Å². The summed E-state index contributed by atoms with van der Waals surface area (Å²) >= 11 is 0. The van der Waals surface area contributed by atoms with Gasteiger partial charge in [0.2, 0.25) is 11.8 Å². The van der Waals surface area contributed by atoms with Gasteiger partial charge in [0, 0.05) is 31.1 Å². The molecule has 21 heavy (non-hydrogen) atoms. The molecule has 0 radical (unpaired) electrons. The molecule has 0 spiro atoms. The number of unbranched alkanes of at least 4 members (excludes halogenated alkanes) is 1. The third-order valence-electron chi connectivity index (χ3n) is 2.89. The van der Waals surface area contributed by atoms with Crippen LogP contribution >= 0.6 is 0 Å². The maximum Gasteiger partial charge on any atom is 0.225 e. The van der Waals surface area contributed by atoms with E-state index in [-0.39, 0.29) is 18.2 Å². The van der Waals surface area contributed by atoms with Crippen molar-refractivity contribution >= 4 is 23.2 Å². The van der Waals surface area contributed by atoms with Gasteiger partial charge < -0.3 is 21.1 Å². The van der Waals surface area contributed by atoms with Crippen LogP contribution in [0.4, 0.5) is 11.4 Å². The van der Waals surface area contributed by atoms with Crippen molar-refractivity contribution in [3.8, 4) is 5.75 Å². The van der Waals surface area contributed by atoms with E-state index in [2.05, 4.69) is 10.6 Å². The highest BCUT2D eigenvalue weighted by Gasteiger charge is 2.09. The van der Waals surface area contributed by atoms with E-state index in [0.717, 1.165) is 12.8 Å². The zero-order valence-electron chi connectivity index (χ0n) is 12.6. The maximum absolute atomic E-state index is 11.7. The minimum Gasteiger partial charge on any atom is -0.494 e. The summed E-state index contributed by atoms with van der Waals surface area (Å²) in [4.78, 5) is 23.2. The van der Waals surface area contributed by atoms with E-state index < -0.39 is 0 Å². The highest BCUT2D eigenvalue weighted by atomic mass is 16.5. The number of ether oxygens (including phenoxy) is 1. The van der Waals surface area contributed by atoms with Crippen LogP contribution in [0.25, 0.3) is 0 Å². The molecule has 0 aliphatic rings. The smallest absolute Gasteiger partial charge is 0.225 e. The lowest BCUT2D eigenvalue weighted by molar-refractivity contribution is -0.117. The van der Waals surface area contributed by atoms with Crippen LogP contribution in [0.3, 0.4) is 0 Å². The number of hydrogen-bond acceptors (Lipinski definition) is 4. The summed E-state index contributed by atoms with van der Waals surface area (Å²) < 4.78 is 5.24. The van der Waals surface area contributed by atoms with E-state index >= 15 is 0 Å². The lowest BCUT2D eigenvalue weighted by Crippen LogP contribution is -2.16. The van der Waals surface area contributed by atoms with E-state index in [4.69, 9.17) is 10.5 Å². The molecule has 0 saturated heterocycles. The van der Waals surface area contributed by atoms with E-state index in [0.29, 0.717) is 30.1 Å². The average Bonchev–Trinajstić information content (AvgIpc) is 2.46. The van der Waals surface area contributed by atoms with Crippen LogP contribution in [0.2, 0.25) is 0 Å². The average molecular weight is 293 g/mol. The fourth-order valence-electron chi connectivity index (χ4n) is 1.78. The van der Waals surface area contributed by atoms with Crippen LogP contribution in [0.15, 0.2) is 18.2 Å². The van der Waals surface area contributed by atoms with Crippen molar-refractivity contribution in [1.82, 2.24) is 0 Å². The van der Waals surface area contributed by atoms with Gasteiger partial charge in [0.15, 0.2) is 0 Å². The number of rotatable bonds is 8. The molecular formula is C15H23N3O3. The Balaban J connectivity index is 2.74. The van der Waals surface area contributed by atoms with Crippen LogP contribution in [0, 0.1) is 0 Å². The van der Waals surface area contributed by atoms with Crippen molar-refractivity contribution in [1.29, 1.82) is 0 Å². The van der Waals surface area contributed by atoms with Gasteiger partial charge in [-0.15, -0.1) is 0 Å². The summed E-state index contributed by atoms with van der Waals surface area (Å²) in [6.45, 7) is 2.33. The predicted molar refractivity (Wildman–Crippen MR) is 83.4 cm³/mol. The first-order chi connectivity index (χ1) is 10.1. The second kappa shape index (κ2) is 8.97. The third-order valence-corrected chi connectivity index (χ3v) is 2.89. The highest BCUT2D eigenvalue weighted by molar-refractivity contribution is 5.94. The number of carbonyl (C=O) groups is 2. The zero-order chi connectivity index (χ0) is 15.7. The molecule has 0 aliphatic carbocycles. The van der Waals surface area contributed by atoms with Gasteiger partial charge in [-0.1, -0.05) is 13.3 Å². The molecule has 2 amide bonds. The molecule has 1 rings (SSSR count). The topological polar surface area (TPSA) is 93.5 Å². The monoisotopic (exact) mass is 293 g/mol.